The second kappa shape index (κ2) is 7.45. The van der Waals surface area contributed by atoms with Crippen LogP contribution in [0.15, 0.2) is 23.1 Å². The van der Waals surface area contributed by atoms with Crippen molar-refractivity contribution < 1.29 is 13.2 Å². The van der Waals surface area contributed by atoms with Crippen molar-refractivity contribution in [3.05, 3.63) is 29.3 Å². The summed E-state index contributed by atoms with van der Waals surface area (Å²) in [6, 6.07) is 5.45. The molecule has 0 bridgehead atoms. The molecule has 1 aromatic carbocycles. The van der Waals surface area contributed by atoms with E-state index in [0.717, 1.165) is 24.0 Å². The van der Waals surface area contributed by atoms with Gasteiger partial charge in [0.15, 0.2) is 0 Å². The molecule has 1 amide bonds. The van der Waals surface area contributed by atoms with E-state index in [1.54, 1.807) is 6.07 Å². The summed E-state index contributed by atoms with van der Waals surface area (Å²) in [7, 11) is -3.55. The lowest BCUT2D eigenvalue weighted by atomic mass is 9.99. The molecule has 5 nitrogen and oxygen atoms in total. The fourth-order valence-corrected chi connectivity index (χ4v) is 4.73. The smallest absolute Gasteiger partial charge is 0.243 e. The fraction of sp³-hybridized carbons (Fsp3) is 0.588. The van der Waals surface area contributed by atoms with Crippen molar-refractivity contribution in [1.29, 1.82) is 0 Å². The molecule has 1 atom stereocenters. The Morgan fingerprint density at radius 3 is 2.78 bits per heavy atom. The molecule has 1 fully saturated rings. The van der Waals surface area contributed by atoms with Gasteiger partial charge in [0.05, 0.1) is 10.8 Å². The van der Waals surface area contributed by atoms with Crippen LogP contribution in [0.5, 0.6) is 0 Å². The Balaban J connectivity index is 2.19. The highest BCUT2D eigenvalue weighted by Crippen LogP contribution is 2.26. The van der Waals surface area contributed by atoms with Gasteiger partial charge in [-0.1, -0.05) is 19.1 Å². The van der Waals surface area contributed by atoms with E-state index in [4.69, 9.17) is 0 Å². The van der Waals surface area contributed by atoms with Crippen LogP contribution in [0.2, 0.25) is 0 Å². The number of carbonyl (C=O) groups is 1. The lowest BCUT2D eigenvalue weighted by Gasteiger charge is -2.31. The van der Waals surface area contributed by atoms with Crippen LogP contribution in [0, 0.1) is 19.8 Å². The number of nitrogens with one attached hydrogen (secondary N) is 1. The molecule has 1 N–H and O–H groups in total. The van der Waals surface area contributed by atoms with Crippen molar-refractivity contribution in [3.63, 3.8) is 0 Å². The number of piperidine rings is 1. The van der Waals surface area contributed by atoms with E-state index in [0.29, 0.717) is 24.4 Å². The number of nitrogens with zero attached hydrogens (tertiary/aromatic N) is 1. The third-order valence-corrected chi connectivity index (χ3v) is 6.27. The molecule has 2 rings (SSSR count). The molecule has 0 saturated carbocycles. The summed E-state index contributed by atoms with van der Waals surface area (Å²) in [6.07, 6.45) is 2.34. The molecule has 1 aromatic rings. The first-order valence-corrected chi connectivity index (χ1v) is 9.65. The van der Waals surface area contributed by atoms with Gasteiger partial charge in [-0.05, 0) is 50.3 Å². The van der Waals surface area contributed by atoms with Gasteiger partial charge in [-0.25, -0.2) is 8.42 Å². The standard InChI is InChI=1S/C17H26N2O3S/c1-4-9-18-17(20)15-6-5-10-19(12-15)23(21,22)16-11-13(2)7-8-14(16)3/h7-8,11,15H,4-6,9-10,12H2,1-3H3,(H,18,20). The predicted molar refractivity (Wildman–Crippen MR) is 90.7 cm³/mol. The number of aryl methyl sites for hydroxylation is 2. The predicted octanol–water partition coefficient (Wildman–Crippen LogP) is 2.23. The molecule has 0 spiro atoms. The molecule has 1 aliphatic rings. The van der Waals surface area contributed by atoms with E-state index in [1.165, 1.54) is 4.31 Å². The lowest BCUT2D eigenvalue weighted by molar-refractivity contribution is -0.126. The largest absolute Gasteiger partial charge is 0.356 e. The molecule has 6 heteroatoms. The molecule has 0 radical (unpaired) electrons. The third-order valence-electron chi connectivity index (χ3n) is 4.27. The van der Waals surface area contributed by atoms with Crippen LogP contribution in [0.3, 0.4) is 0 Å². The molecule has 1 unspecified atom stereocenters. The maximum Gasteiger partial charge on any atom is 0.243 e. The summed E-state index contributed by atoms with van der Waals surface area (Å²) in [6.45, 7) is 7.08. The normalized spacial score (nSPS) is 19.5. The molecule has 23 heavy (non-hydrogen) atoms. The van der Waals surface area contributed by atoms with Crippen molar-refractivity contribution in [2.45, 2.75) is 44.9 Å². The Labute approximate surface area is 139 Å². The molecule has 0 aromatic heterocycles. The third kappa shape index (κ3) is 4.12. The van der Waals surface area contributed by atoms with Crippen molar-refractivity contribution in [1.82, 2.24) is 9.62 Å². The molecular formula is C17H26N2O3S. The first kappa shape index (κ1) is 17.9. The zero-order valence-corrected chi connectivity index (χ0v) is 14.9. The number of hydrogen-bond acceptors (Lipinski definition) is 3. The average Bonchev–Trinajstić information content (AvgIpc) is 2.54. The zero-order chi connectivity index (χ0) is 17.0. The maximum absolute atomic E-state index is 12.9. The number of sulfonamides is 1. The zero-order valence-electron chi connectivity index (χ0n) is 14.1. The second-order valence-corrected chi connectivity index (χ2v) is 8.17. The van der Waals surface area contributed by atoms with Crippen LogP contribution in [-0.2, 0) is 14.8 Å². The Morgan fingerprint density at radius 2 is 2.09 bits per heavy atom. The van der Waals surface area contributed by atoms with Crippen LogP contribution in [0.4, 0.5) is 0 Å². The van der Waals surface area contributed by atoms with E-state index in [1.807, 2.05) is 32.9 Å². The first-order chi connectivity index (χ1) is 10.9. The number of amides is 1. The average molecular weight is 338 g/mol. The molecule has 1 saturated heterocycles. The van der Waals surface area contributed by atoms with Gasteiger partial charge in [0.1, 0.15) is 0 Å². The highest BCUT2D eigenvalue weighted by molar-refractivity contribution is 7.89. The summed E-state index contributed by atoms with van der Waals surface area (Å²) in [5.74, 6) is -0.289. The summed E-state index contributed by atoms with van der Waals surface area (Å²) in [5, 5.41) is 2.87. The fourth-order valence-electron chi connectivity index (χ4n) is 2.89. The summed E-state index contributed by atoms with van der Waals surface area (Å²) in [5.41, 5.74) is 1.66. The van der Waals surface area contributed by atoms with Crippen LogP contribution >= 0.6 is 0 Å². The number of hydrogen-bond donors (Lipinski definition) is 1. The minimum absolute atomic E-state index is 0.0345. The minimum Gasteiger partial charge on any atom is -0.356 e. The van der Waals surface area contributed by atoms with Gasteiger partial charge >= 0.3 is 0 Å². The van der Waals surface area contributed by atoms with Crippen LogP contribution in [0.25, 0.3) is 0 Å². The van der Waals surface area contributed by atoms with Crippen molar-refractivity contribution in [2.75, 3.05) is 19.6 Å². The highest BCUT2D eigenvalue weighted by atomic mass is 32.2. The van der Waals surface area contributed by atoms with Crippen LogP contribution < -0.4 is 5.32 Å². The summed E-state index contributed by atoms with van der Waals surface area (Å²) < 4.78 is 27.3. The maximum atomic E-state index is 12.9. The Hall–Kier alpha value is -1.40. The number of benzene rings is 1. The van der Waals surface area contributed by atoms with Crippen molar-refractivity contribution >= 4 is 15.9 Å². The summed E-state index contributed by atoms with van der Waals surface area (Å²) in [4.78, 5) is 12.5. The van der Waals surface area contributed by atoms with Crippen molar-refractivity contribution in [2.24, 2.45) is 5.92 Å². The van der Waals surface area contributed by atoms with Gasteiger partial charge in [-0.3, -0.25) is 4.79 Å². The highest BCUT2D eigenvalue weighted by Gasteiger charge is 2.33. The number of carbonyl (C=O) groups excluding carboxylic acids is 1. The van der Waals surface area contributed by atoms with Crippen molar-refractivity contribution in [3.8, 4) is 0 Å². The van der Waals surface area contributed by atoms with E-state index in [9.17, 15) is 13.2 Å². The van der Waals surface area contributed by atoms with E-state index >= 15 is 0 Å². The Kier molecular flexibility index (Phi) is 5.81. The Morgan fingerprint density at radius 1 is 1.35 bits per heavy atom. The van der Waals surface area contributed by atoms with Gasteiger partial charge < -0.3 is 5.32 Å². The van der Waals surface area contributed by atoms with Crippen LogP contribution in [0.1, 0.15) is 37.3 Å². The van der Waals surface area contributed by atoms with Gasteiger partial charge in [-0.15, -0.1) is 0 Å². The van der Waals surface area contributed by atoms with E-state index in [2.05, 4.69) is 5.32 Å². The minimum atomic E-state index is -3.55. The Bertz CT molecular complexity index is 670. The first-order valence-electron chi connectivity index (χ1n) is 8.21. The van der Waals surface area contributed by atoms with Crippen LogP contribution in [-0.4, -0.2) is 38.3 Å². The SMILES string of the molecule is CCCNC(=O)C1CCCN(S(=O)(=O)c2cc(C)ccc2C)C1. The van der Waals surface area contributed by atoms with Gasteiger partial charge in [-0.2, -0.15) is 4.31 Å². The quantitative estimate of drug-likeness (QED) is 0.895. The molecule has 1 heterocycles. The molecular weight excluding hydrogens is 312 g/mol. The molecule has 0 aliphatic carbocycles. The van der Waals surface area contributed by atoms with E-state index in [-0.39, 0.29) is 18.4 Å². The molecule has 1 aliphatic heterocycles. The van der Waals surface area contributed by atoms with Gasteiger partial charge in [0.25, 0.3) is 0 Å². The topological polar surface area (TPSA) is 66.5 Å². The van der Waals surface area contributed by atoms with Gasteiger partial charge in [0.2, 0.25) is 15.9 Å². The number of rotatable bonds is 5. The lowest BCUT2D eigenvalue weighted by Crippen LogP contribution is -2.45. The summed E-state index contributed by atoms with van der Waals surface area (Å²) >= 11 is 0. The monoisotopic (exact) mass is 338 g/mol. The molecule has 128 valence electrons. The van der Waals surface area contributed by atoms with Gasteiger partial charge in [0, 0.05) is 19.6 Å². The van der Waals surface area contributed by atoms with E-state index < -0.39 is 10.0 Å². The second-order valence-electron chi connectivity index (χ2n) is 6.26.